The first-order chi connectivity index (χ1) is 7.70. The van der Waals surface area contributed by atoms with Gasteiger partial charge in [0.2, 0.25) is 0 Å². The topological polar surface area (TPSA) is 34.1 Å². The molecule has 2 aromatic rings. The van der Waals surface area contributed by atoms with Gasteiger partial charge >= 0.3 is 0 Å². The van der Waals surface area contributed by atoms with Crippen LogP contribution in [0.4, 0.5) is 0 Å². The average molecular weight is 228 g/mol. The van der Waals surface area contributed by atoms with Crippen LogP contribution in [0, 0.1) is 0 Å². The van der Waals surface area contributed by atoms with Gasteiger partial charge in [0.25, 0.3) is 0 Å². The van der Waals surface area contributed by atoms with Gasteiger partial charge in [-0.05, 0) is 12.1 Å². The van der Waals surface area contributed by atoms with Gasteiger partial charge in [-0.25, -0.2) is 0 Å². The molecule has 0 fully saturated rings. The highest BCUT2D eigenvalue weighted by Gasteiger charge is 2.31. The quantitative estimate of drug-likeness (QED) is 0.648. The summed E-state index contributed by atoms with van der Waals surface area (Å²) >= 11 is 0. The summed E-state index contributed by atoms with van der Waals surface area (Å²) in [6.07, 6.45) is 0. The van der Waals surface area contributed by atoms with Gasteiger partial charge < -0.3 is 0 Å². The molecule has 0 aromatic heterocycles. The molecule has 1 aliphatic heterocycles. The predicted molar refractivity (Wildman–Crippen MR) is 65.5 cm³/mol. The maximum Gasteiger partial charge on any atom is 0.192 e. The normalized spacial score (nSPS) is 15.8. The highest BCUT2D eigenvalue weighted by atomic mass is 31.1. The zero-order chi connectivity index (χ0) is 11.3. The van der Waals surface area contributed by atoms with Gasteiger partial charge in [-0.2, -0.15) is 0 Å². The molecule has 0 saturated carbocycles. The predicted octanol–water partition coefficient (Wildman–Crippen LogP) is 3.25. The number of benzene rings is 2. The molecule has 0 amide bonds. The number of hydrogen-bond acceptors (Lipinski definition) is 2. The highest BCUT2D eigenvalue weighted by Crippen LogP contribution is 2.46. The van der Waals surface area contributed by atoms with Crippen LogP contribution in [0.2, 0.25) is 0 Å². The maximum atomic E-state index is 12.0. The zero-order valence-electron chi connectivity index (χ0n) is 8.73. The van der Waals surface area contributed by atoms with E-state index in [9.17, 15) is 9.59 Å². The molecule has 1 aliphatic rings. The fourth-order valence-corrected chi connectivity index (χ4v) is 3.43. The van der Waals surface area contributed by atoms with Gasteiger partial charge in [-0.15, -0.1) is 0 Å². The minimum atomic E-state index is -1.20. The van der Waals surface area contributed by atoms with E-state index in [0.717, 1.165) is 10.8 Å². The van der Waals surface area contributed by atoms with E-state index in [1.807, 2.05) is 36.4 Å². The van der Waals surface area contributed by atoms with Crippen molar-refractivity contribution in [3.05, 3.63) is 47.5 Å². The standard InChI is InChI=1S/C13H9O2P/c1-16-12(14)9-6-2-4-8-5-3-7-10(11(8)9)13(16)15/h2-7H,1H3. The van der Waals surface area contributed by atoms with Crippen molar-refractivity contribution in [2.45, 2.75) is 0 Å². The van der Waals surface area contributed by atoms with Crippen LogP contribution in [0.25, 0.3) is 10.8 Å². The summed E-state index contributed by atoms with van der Waals surface area (Å²) < 4.78 is 0. The zero-order valence-corrected chi connectivity index (χ0v) is 9.62. The number of rotatable bonds is 0. The molecule has 0 bridgehead atoms. The number of hydrogen-bond donors (Lipinski definition) is 0. The molecule has 0 atom stereocenters. The molecule has 0 radical (unpaired) electrons. The third-order valence-electron chi connectivity index (χ3n) is 2.97. The van der Waals surface area contributed by atoms with E-state index in [2.05, 4.69) is 0 Å². The van der Waals surface area contributed by atoms with Crippen molar-refractivity contribution in [2.24, 2.45) is 0 Å². The van der Waals surface area contributed by atoms with Crippen molar-refractivity contribution in [1.29, 1.82) is 0 Å². The van der Waals surface area contributed by atoms with Gasteiger partial charge in [-0.3, -0.25) is 9.59 Å². The molecule has 0 saturated heterocycles. The Labute approximate surface area is 94.0 Å². The average Bonchev–Trinajstić information content (AvgIpc) is 2.33. The van der Waals surface area contributed by atoms with E-state index in [0.29, 0.717) is 11.1 Å². The van der Waals surface area contributed by atoms with Crippen LogP contribution in [0.5, 0.6) is 0 Å². The van der Waals surface area contributed by atoms with Gasteiger partial charge in [-0.1, -0.05) is 36.4 Å². The van der Waals surface area contributed by atoms with Crippen LogP contribution in [-0.4, -0.2) is 17.7 Å². The SMILES string of the molecule is CP1C(=O)c2cccc3cccc(c23)C1=O. The van der Waals surface area contributed by atoms with E-state index in [1.165, 1.54) is 0 Å². The molecule has 0 N–H and O–H groups in total. The minimum Gasteiger partial charge on any atom is -0.289 e. The van der Waals surface area contributed by atoms with Gasteiger partial charge in [0.15, 0.2) is 11.0 Å². The van der Waals surface area contributed by atoms with Crippen molar-refractivity contribution < 1.29 is 9.59 Å². The van der Waals surface area contributed by atoms with E-state index in [-0.39, 0.29) is 11.0 Å². The van der Waals surface area contributed by atoms with E-state index < -0.39 is 7.92 Å². The van der Waals surface area contributed by atoms with E-state index in [1.54, 1.807) is 6.66 Å². The maximum absolute atomic E-state index is 12.0. The highest BCUT2D eigenvalue weighted by molar-refractivity contribution is 7.90. The van der Waals surface area contributed by atoms with Crippen LogP contribution < -0.4 is 0 Å². The summed E-state index contributed by atoms with van der Waals surface area (Å²) in [5.74, 6) is 0. The Morgan fingerprint density at radius 2 is 1.38 bits per heavy atom. The van der Waals surface area contributed by atoms with Crippen molar-refractivity contribution >= 4 is 29.7 Å². The first kappa shape index (κ1) is 9.68. The second-order valence-electron chi connectivity index (χ2n) is 3.88. The summed E-state index contributed by atoms with van der Waals surface area (Å²) in [4.78, 5) is 24.0. The summed E-state index contributed by atoms with van der Waals surface area (Å²) in [6.45, 7) is 1.74. The van der Waals surface area contributed by atoms with Crippen LogP contribution >= 0.6 is 7.92 Å². The number of carbonyl (C=O) groups excluding carboxylic acids is 2. The van der Waals surface area contributed by atoms with Crippen molar-refractivity contribution in [3.8, 4) is 0 Å². The molecule has 2 nitrogen and oxygen atoms in total. The number of carbonyl (C=O) groups is 2. The summed E-state index contributed by atoms with van der Waals surface area (Å²) in [5, 5.41) is 1.81. The molecular weight excluding hydrogens is 219 g/mol. The summed E-state index contributed by atoms with van der Waals surface area (Å²) in [6, 6.07) is 11.3. The monoisotopic (exact) mass is 228 g/mol. The molecule has 1 heterocycles. The second-order valence-corrected chi connectivity index (χ2v) is 5.81. The van der Waals surface area contributed by atoms with E-state index >= 15 is 0 Å². The molecule has 78 valence electrons. The first-order valence-corrected chi connectivity index (χ1v) is 6.83. The largest absolute Gasteiger partial charge is 0.289 e. The molecule has 3 heteroatoms. The Hall–Kier alpha value is -1.53. The van der Waals surface area contributed by atoms with Crippen LogP contribution in [0.3, 0.4) is 0 Å². The molecule has 3 rings (SSSR count). The van der Waals surface area contributed by atoms with Crippen molar-refractivity contribution in [1.82, 2.24) is 0 Å². The van der Waals surface area contributed by atoms with Gasteiger partial charge in [0, 0.05) is 24.4 Å². The van der Waals surface area contributed by atoms with Gasteiger partial charge in [0.1, 0.15) is 0 Å². The van der Waals surface area contributed by atoms with Crippen LogP contribution in [0.15, 0.2) is 36.4 Å². The smallest absolute Gasteiger partial charge is 0.192 e. The Morgan fingerprint density at radius 1 is 0.875 bits per heavy atom. The van der Waals surface area contributed by atoms with E-state index in [4.69, 9.17) is 0 Å². The van der Waals surface area contributed by atoms with Crippen molar-refractivity contribution in [2.75, 3.05) is 6.66 Å². The molecule has 16 heavy (non-hydrogen) atoms. The summed E-state index contributed by atoms with van der Waals surface area (Å²) in [7, 11) is -1.20. The first-order valence-electron chi connectivity index (χ1n) is 5.04. The van der Waals surface area contributed by atoms with Crippen LogP contribution in [0.1, 0.15) is 20.7 Å². The van der Waals surface area contributed by atoms with Gasteiger partial charge in [0.05, 0.1) is 0 Å². The van der Waals surface area contributed by atoms with Crippen molar-refractivity contribution in [3.63, 3.8) is 0 Å². The Morgan fingerprint density at radius 3 is 1.88 bits per heavy atom. The molecule has 2 aromatic carbocycles. The Bertz CT molecular complexity index is 580. The summed E-state index contributed by atoms with van der Waals surface area (Å²) in [5.41, 5.74) is 1.43. The molecule has 0 aliphatic carbocycles. The lowest BCUT2D eigenvalue weighted by Crippen LogP contribution is -2.13. The minimum absolute atomic E-state index is 0.00398. The lowest BCUT2D eigenvalue weighted by Gasteiger charge is -2.19. The fourth-order valence-electron chi connectivity index (χ4n) is 2.15. The Kier molecular flexibility index (Phi) is 1.95. The lowest BCUT2D eigenvalue weighted by atomic mass is 10.00. The fraction of sp³-hybridized carbons (Fsp3) is 0.0769. The third-order valence-corrected chi connectivity index (χ3v) is 4.68. The molecule has 0 spiro atoms. The third kappa shape index (κ3) is 1.11. The van der Waals surface area contributed by atoms with Crippen LogP contribution in [-0.2, 0) is 0 Å². The lowest BCUT2D eigenvalue weighted by molar-refractivity contribution is 0.105. The molecular formula is C13H9O2P. The molecule has 0 unspecified atom stereocenters. The second kappa shape index (κ2) is 3.23. The Balaban J connectivity index is 2.52.